The summed E-state index contributed by atoms with van der Waals surface area (Å²) in [6, 6.07) is 0.259. The van der Waals surface area contributed by atoms with Crippen molar-refractivity contribution in [1.82, 2.24) is 10.2 Å². The van der Waals surface area contributed by atoms with Crippen LogP contribution in [0.4, 0.5) is 13.2 Å². The second-order valence-corrected chi connectivity index (χ2v) is 5.84. The Kier molecular flexibility index (Phi) is 5.03. The zero-order valence-corrected chi connectivity index (χ0v) is 11.5. The van der Waals surface area contributed by atoms with E-state index in [0.29, 0.717) is 12.5 Å². The molecule has 18 heavy (non-hydrogen) atoms. The van der Waals surface area contributed by atoms with Crippen molar-refractivity contribution in [1.29, 1.82) is 0 Å². The highest BCUT2D eigenvalue weighted by Crippen LogP contribution is 2.21. The smallest absolute Gasteiger partial charge is 0.309 e. The minimum absolute atomic E-state index is 0.0659. The third-order valence-corrected chi connectivity index (χ3v) is 3.27. The lowest BCUT2D eigenvalue weighted by Crippen LogP contribution is -2.63. The molecule has 6 heteroatoms. The molecule has 108 valence electrons. The van der Waals surface area contributed by atoms with Crippen molar-refractivity contribution < 1.29 is 17.9 Å². The molecular formula is C12H23F3N2O. The largest absolute Gasteiger partial charge is 0.522 e. The van der Waals surface area contributed by atoms with Gasteiger partial charge in [-0.1, -0.05) is 13.8 Å². The molecule has 0 amide bonds. The maximum atomic E-state index is 12.0. The Morgan fingerprint density at radius 2 is 2.00 bits per heavy atom. The number of hydrogen-bond donors (Lipinski definition) is 1. The van der Waals surface area contributed by atoms with Gasteiger partial charge in [0, 0.05) is 31.2 Å². The molecule has 0 aromatic rings. The van der Waals surface area contributed by atoms with E-state index in [0.717, 1.165) is 13.1 Å². The molecule has 1 heterocycles. The SMILES string of the molecule is CC(C)C1CNC(C)(C)CN1CCOC(F)(F)F. The lowest BCUT2D eigenvalue weighted by atomic mass is 9.93. The minimum Gasteiger partial charge on any atom is -0.309 e. The van der Waals surface area contributed by atoms with Gasteiger partial charge in [0.1, 0.15) is 0 Å². The first-order chi connectivity index (χ1) is 8.11. The highest BCUT2D eigenvalue weighted by molar-refractivity contribution is 4.93. The molecule has 0 aliphatic carbocycles. The number of alkyl halides is 3. The van der Waals surface area contributed by atoms with Crippen LogP contribution in [0.3, 0.4) is 0 Å². The van der Waals surface area contributed by atoms with E-state index in [-0.39, 0.29) is 18.2 Å². The maximum Gasteiger partial charge on any atom is 0.522 e. The first-order valence-electron chi connectivity index (χ1n) is 6.30. The van der Waals surface area contributed by atoms with Crippen LogP contribution in [-0.4, -0.2) is 49.1 Å². The van der Waals surface area contributed by atoms with Gasteiger partial charge >= 0.3 is 6.36 Å². The molecule has 0 spiro atoms. The third-order valence-electron chi connectivity index (χ3n) is 3.27. The van der Waals surface area contributed by atoms with Gasteiger partial charge in [-0.15, -0.1) is 13.2 Å². The number of rotatable bonds is 4. The van der Waals surface area contributed by atoms with E-state index in [9.17, 15) is 13.2 Å². The van der Waals surface area contributed by atoms with Crippen molar-refractivity contribution in [3.8, 4) is 0 Å². The number of ether oxygens (including phenoxy) is 1. The number of nitrogens with zero attached hydrogens (tertiary/aromatic N) is 1. The van der Waals surface area contributed by atoms with Crippen molar-refractivity contribution >= 4 is 0 Å². The lowest BCUT2D eigenvalue weighted by molar-refractivity contribution is -0.325. The Balaban J connectivity index is 2.51. The standard InChI is InChI=1S/C12H23F3N2O/c1-9(2)10-7-16-11(3,4)8-17(10)5-6-18-12(13,14)15/h9-10,16H,5-8H2,1-4H3. The fourth-order valence-electron chi connectivity index (χ4n) is 2.37. The summed E-state index contributed by atoms with van der Waals surface area (Å²) in [7, 11) is 0. The summed E-state index contributed by atoms with van der Waals surface area (Å²) < 4.78 is 39.8. The molecule has 1 aliphatic heterocycles. The molecule has 0 saturated carbocycles. The molecule has 1 aliphatic rings. The molecule has 1 saturated heterocycles. The van der Waals surface area contributed by atoms with Crippen LogP contribution in [0.2, 0.25) is 0 Å². The summed E-state index contributed by atoms with van der Waals surface area (Å²) in [6.45, 7) is 9.83. The fraction of sp³-hybridized carbons (Fsp3) is 1.00. The van der Waals surface area contributed by atoms with E-state index in [2.05, 4.69) is 42.6 Å². The zero-order valence-electron chi connectivity index (χ0n) is 11.5. The highest BCUT2D eigenvalue weighted by Gasteiger charge is 2.35. The van der Waals surface area contributed by atoms with Crippen LogP contribution < -0.4 is 5.32 Å². The van der Waals surface area contributed by atoms with E-state index in [1.807, 2.05) is 0 Å². The van der Waals surface area contributed by atoms with Crippen LogP contribution >= 0.6 is 0 Å². The molecule has 1 unspecified atom stereocenters. The minimum atomic E-state index is -4.53. The van der Waals surface area contributed by atoms with Crippen LogP contribution in [0.25, 0.3) is 0 Å². The summed E-state index contributed by atoms with van der Waals surface area (Å²) in [4.78, 5) is 2.09. The van der Waals surface area contributed by atoms with Gasteiger partial charge in [-0.2, -0.15) is 0 Å². The zero-order chi connectivity index (χ0) is 14.0. The molecule has 0 aromatic carbocycles. The topological polar surface area (TPSA) is 24.5 Å². The Morgan fingerprint density at radius 3 is 2.50 bits per heavy atom. The first-order valence-corrected chi connectivity index (χ1v) is 6.30. The third kappa shape index (κ3) is 5.12. The number of piperazine rings is 1. The average Bonchev–Trinajstić information content (AvgIpc) is 2.13. The Hall–Kier alpha value is -0.330. The monoisotopic (exact) mass is 268 g/mol. The Labute approximate surface area is 107 Å². The molecule has 1 fully saturated rings. The summed E-state index contributed by atoms with van der Waals surface area (Å²) in [5.41, 5.74) is -0.0659. The van der Waals surface area contributed by atoms with Gasteiger partial charge < -0.3 is 5.32 Å². The molecule has 3 nitrogen and oxygen atoms in total. The van der Waals surface area contributed by atoms with Crippen LogP contribution in [0, 0.1) is 5.92 Å². The molecule has 1 rings (SSSR count). The summed E-state index contributed by atoms with van der Waals surface area (Å²) in [6.07, 6.45) is -4.53. The van der Waals surface area contributed by atoms with E-state index >= 15 is 0 Å². The predicted molar refractivity (Wildman–Crippen MR) is 64.3 cm³/mol. The Morgan fingerprint density at radius 1 is 1.39 bits per heavy atom. The summed E-state index contributed by atoms with van der Waals surface area (Å²) in [5.74, 6) is 0.402. The second-order valence-electron chi connectivity index (χ2n) is 5.84. The van der Waals surface area contributed by atoms with Crippen molar-refractivity contribution in [2.45, 2.75) is 45.6 Å². The molecule has 0 bridgehead atoms. The summed E-state index contributed by atoms with van der Waals surface area (Å²) >= 11 is 0. The number of halogens is 3. The van der Waals surface area contributed by atoms with Crippen molar-refractivity contribution in [3.63, 3.8) is 0 Å². The van der Waals surface area contributed by atoms with Crippen molar-refractivity contribution in [3.05, 3.63) is 0 Å². The predicted octanol–water partition coefficient (Wildman–Crippen LogP) is 2.23. The van der Waals surface area contributed by atoms with Crippen LogP contribution in [0.5, 0.6) is 0 Å². The Bertz CT molecular complexity index is 267. The molecule has 0 aromatic heterocycles. The first kappa shape index (κ1) is 15.7. The van der Waals surface area contributed by atoms with Crippen LogP contribution in [-0.2, 0) is 4.74 Å². The maximum absolute atomic E-state index is 12.0. The second kappa shape index (κ2) is 5.75. The number of hydrogen-bond acceptors (Lipinski definition) is 3. The van der Waals surface area contributed by atoms with Gasteiger partial charge in [-0.3, -0.25) is 9.64 Å². The van der Waals surface area contributed by atoms with Gasteiger partial charge in [0.25, 0.3) is 0 Å². The average molecular weight is 268 g/mol. The molecule has 0 radical (unpaired) electrons. The molecule has 1 N–H and O–H groups in total. The molecular weight excluding hydrogens is 245 g/mol. The quantitative estimate of drug-likeness (QED) is 0.846. The fourth-order valence-corrected chi connectivity index (χ4v) is 2.37. The van der Waals surface area contributed by atoms with Crippen LogP contribution in [0.15, 0.2) is 0 Å². The number of nitrogens with one attached hydrogen (secondary N) is 1. The lowest BCUT2D eigenvalue weighted by Gasteiger charge is -2.46. The van der Waals surface area contributed by atoms with Crippen molar-refractivity contribution in [2.75, 3.05) is 26.2 Å². The van der Waals surface area contributed by atoms with Crippen LogP contribution in [0.1, 0.15) is 27.7 Å². The van der Waals surface area contributed by atoms with E-state index in [1.54, 1.807) is 0 Å². The van der Waals surface area contributed by atoms with Gasteiger partial charge in [0.05, 0.1) is 6.61 Å². The highest BCUT2D eigenvalue weighted by atomic mass is 19.4. The van der Waals surface area contributed by atoms with Crippen molar-refractivity contribution in [2.24, 2.45) is 5.92 Å². The van der Waals surface area contributed by atoms with Gasteiger partial charge in [0.2, 0.25) is 0 Å². The van der Waals surface area contributed by atoms with E-state index in [4.69, 9.17) is 0 Å². The van der Waals surface area contributed by atoms with Gasteiger partial charge in [0.15, 0.2) is 0 Å². The van der Waals surface area contributed by atoms with Gasteiger partial charge in [-0.05, 0) is 19.8 Å². The van der Waals surface area contributed by atoms with E-state index in [1.165, 1.54) is 0 Å². The summed E-state index contributed by atoms with van der Waals surface area (Å²) in [5, 5.41) is 3.42. The van der Waals surface area contributed by atoms with Gasteiger partial charge in [-0.25, -0.2) is 0 Å². The molecule has 1 atom stereocenters. The van der Waals surface area contributed by atoms with E-state index < -0.39 is 6.36 Å². The normalized spacial score (nSPS) is 25.7.